The second kappa shape index (κ2) is 10.3. The smallest absolute Gasteiger partial charge is 0.251 e. The molecule has 1 aliphatic heterocycles. The van der Waals surface area contributed by atoms with Gasteiger partial charge in [-0.1, -0.05) is 12.1 Å². The molecule has 0 unspecified atom stereocenters. The topological polar surface area (TPSA) is 60.0 Å². The van der Waals surface area contributed by atoms with Gasteiger partial charge in [-0.2, -0.15) is 0 Å². The third-order valence-electron chi connectivity index (χ3n) is 4.91. The van der Waals surface area contributed by atoms with Crippen molar-refractivity contribution in [1.29, 1.82) is 0 Å². The highest BCUT2D eigenvalue weighted by Gasteiger charge is 2.23. The third kappa shape index (κ3) is 5.95. The molecule has 0 radical (unpaired) electrons. The van der Waals surface area contributed by atoms with E-state index < -0.39 is 0 Å². The molecule has 0 saturated carbocycles. The SMILES string of the molecule is COc1cccc([C@@H](CNC(=O)c2ccc(OC(C)C)cc2)N2CCOCC2)c1. The van der Waals surface area contributed by atoms with Crippen molar-refractivity contribution in [3.63, 3.8) is 0 Å². The Morgan fingerprint density at radius 3 is 2.48 bits per heavy atom. The van der Waals surface area contributed by atoms with Crippen LogP contribution in [0.15, 0.2) is 48.5 Å². The maximum Gasteiger partial charge on any atom is 0.251 e. The molecule has 6 nitrogen and oxygen atoms in total. The van der Waals surface area contributed by atoms with Gasteiger partial charge in [0.05, 0.1) is 32.5 Å². The van der Waals surface area contributed by atoms with Crippen LogP contribution in [0.3, 0.4) is 0 Å². The maximum absolute atomic E-state index is 12.7. The van der Waals surface area contributed by atoms with Crippen LogP contribution in [0, 0.1) is 0 Å². The molecule has 3 rings (SSSR count). The van der Waals surface area contributed by atoms with E-state index in [0.29, 0.717) is 25.3 Å². The van der Waals surface area contributed by atoms with Gasteiger partial charge in [-0.05, 0) is 55.8 Å². The van der Waals surface area contributed by atoms with E-state index in [0.717, 1.165) is 30.2 Å². The van der Waals surface area contributed by atoms with Gasteiger partial charge < -0.3 is 19.5 Å². The number of ether oxygens (including phenoxy) is 3. The fourth-order valence-corrected chi connectivity index (χ4v) is 3.44. The number of hydrogen-bond acceptors (Lipinski definition) is 5. The zero-order valence-electron chi connectivity index (χ0n) is 17.4. The van der Waals surface area contributed by atoms with Gasteiger partial charge in [0.15, 0.2) is 0 Å². The first kappa shape index (κ1) is 21.1. The van der Waals surface area contributed by atoms with Crippen molar-refractivity contribution in [2.45, 2.75) is 26.0 Å². The second-order valence-corrected chi connectivity index (χ2v) is 7.34. The van der Waals surface area contributed by atoms with E-state index in [9.17, 15) is 4.79 Å². The number of amides is 1. The largest absolute Gasteiger partial charge is 0.497 e. The molecule has 156 valence electrons. The number of methoxy groups -OCH3 is 1. The summed E-state index contributed by atoms with van der Waals surface area (Å²) in [4.78, 5) is 15.0. The summed E-state index contributed by atoms with van der Waals surface area (Å²) in [5, 5.41) is 3.09. The average Bonchev–Trinajstić information content (AvgIpc) is 2.75. The molecule has 0 aromatic heterocycles. The van der Waals surface area contributed by atoms with Crippen LogP contribution in [0.2, 0.25) is 0 Å². The van der Waals surface area contributed by atoms with Crippen LogP contribution < -0.4 is 14.8 Å². The highest BCUT2D eigenvalue weighted by atomic mass is 16.5. The Morgan fingerprint density at radius 2 is 1.83 bits per heavy atom. The van der Waals surface area contributed by atoms with E-state index in [1.54, 1.807) is 19.2 Å². The van der Waals surface area contributed by atoms with Crippen molar-refractivity contribution in [3.05, 3.63) is 59.7 Å². The molecule has 6 heteroatoms. The molecule has 1 N–H and O–H groups in total. The quantitative estimate of drug-likeness (QED) is 0.739. The number of morpholine rings is 1. The minimum Gasteiger partial charge on any atom is -0.497 e. The van der Waals surface area contributed by atoms with Crippen LogP contribution in [0.4, 0.5) is 0 Å². The number of rotatable bonds is 8. The monoisotopic (exact) mass is 398 g/mol. The van der Waals surface area contributed by atoms with Crippen molar-refractivity contribution < 1.29 is 19.0 Å². The Kier molecular flexibility index (Phi) is 7.49. The van der Waals surface area contributed by atoms with E-state index in [4.69, 9.17) is 14.2 Å². The minimum atomic E-state index is -0.0951. The van der Waals surface area contributed by atoms with Gasteiger partial charge in [0, 0.05) is 25.2 Å². The molecule has 1 heterocycles. The number of carbonyl (C=O) groups excluding carboxylic acids is 1. The summed E-state index contributed by atoms with van der Waals surface area (Å²) >= 11 is 0. The van der Waals surface area contributed by atoms with Crippen LogP contribution in [0.5, 0.6) is 11.5 Å². The fourth-order valence-electron chi connectivity index (χ4n) is 3.44. The van der Waals surface area contributed by atoms with Gasteiger partial charge in [-0.3, -0.25) is 9.69 Å². The lowest BCUT2D eigenvalue weighted by Gasteiger charge is -2.35. The number of hydrogen-bond donors (Lipinski definition) is 1. The highest BCUT2D eigenvalue weighted by Crippen LogP contribution is 2.25. The van der Waals surface area contributed by atoms with Gasteiger partial charge in [-0.15, -0.1) is 0 Å². The van der Waals surface area contributed by atoms with E-state index in [-0.39, 0.29) is 18.1 Å². The van der Waals surface area contributed by atoms with Crippen molar-refractivity contribution >= 4 is 5.91 Å². The lowest BCUT2D eigenvalue weighted by Crippen LogP contribution is -2.43. The first-order valence-electron chi connectivity index (χ1n) is 10.1. The molecule has 1 amide bonds. The van der Waals surface area contributed by atoms with Crippen LogP contribution in [-0.4, -0.2) is 56.9 Å². The van der Waals surface area contributed by atoms with Gasteiger partial charge >= 0.3 is 0 Å². The highest BCUT2D eigenvalue weighted by molar-refractivity contribution is 5.94. The van der Waals surface area contributed by atoms with Gasteiger partial charge in [0.2, 0.25) is 0 Å². The van der Waals surface area contributed by atoms with Crippen molar-refractivity contribution in [2.24, 2.45) is 0 Å². The molecular formula is C23H30N2O4. The minimum absolute atomic E-state index is 0.0569. The predicted octanol–water partition coefficient (Wildman–Crippen LogP) is 3.29. The molecule has 1 fully saturated rings. The summed E-state index contributed by atoms with van der Waals surface area (Å²) in [6.07, 6.45) is 0.104. The van der Waals surface area contributed by atoms with E-state index in [1.807, 2.05) is 44.2 Å². The summed E-state index contributed by atoms with van der Waals surface area (Å²) in [6, 6.07) is 15.3. The molecule has 2 aromatic rings. The fraction of sp³-hybridized carbons (Fsp3) is 0.435. The Bertz CT molecular complexity index is 786. The van der Waals surface area contributed by atoms with Crippen molar-refractivity contribution in [3.8, 4) is 11.5 Å². The number of nitrogens with zero attached hydrogens (tertiary/aromatic N) is 1. The lowest BCUT2D eigenvalue weighted by atomic mass is 10.0. The summed E-state index contributed by atoms with van der Waals surface area (Å²) < 4.78 is 16.5. The van der Waals surface area contributed by atoms with E-state index >= 15 is 0 Å². The van der Waals surface area contributed by atoms with Gasteiger partial charge in [-0.25, -0.2) is 0 Å². The molecular weight excluding hydrogens is 368 g/mol. The maximum atomic E-state index is 12.7. The van der Waals surface area contributed by atoms with Crippen LogP contribution >= 0.6 is 0 Å². The summed E-state index contributed by atoms with van der Waals surface area (Å²) in [5.74, 6) is 1.48. The summed E-state index contributed by atoms with van der Waals surface area (Å²) in [7, 11) is 1.66. The first-order chi connectivity index (χ1) is 14.1. The standard InChI is InChI=1S/C23H30N2O4/c1-17(2)29-20-9-7-18(8-10-20)23(26)24-16-22(25-11-13-28-14-12-25)19-5-4-6-21(15-19)27-3/h4-10,15,17,22H,11-14,16H2,1-3H3,(H,24,26)/t22-/m1/s1. The average molecular weight is 399 g/mol. The number of carbonyl (C=O) groups is 1. The second-order valence-electron chi connectivity index (χ2n) is 7.34. The molecule has 1 saturated heterocycles. The lowest BCUT2D eigenvalue weighted by molar-refractivity contribution is 0.0162. The van der Waals surface area contributed by atoms with E-state index in [2.05, 4.69) is 16.3 Å². The molecule has 0 aliphatic carbocycles. The zero-order valence-corrected chi connectivity index (χ0v) is 17.4. The van der Waals surface area contributed by atoms with Crippen molar-refractivity contribution in [2.75, 3.05) is 40.0 Å². The van der Waals surface area contributed by atoms with Gasteiger partial charge in [0.1, 0.15) is 11.5 Å². The Morgan fingerprint density at radius 1 is 1.10 bits per heavy atom. The summed E-state index contributed by atoms with van der Waals surface area (Å²) in [6.45, 7) is 7.53. The zero-order chi connectivity index (χ0) is 20.6. The molecule has 0 bridgehead atoms. The third-order valence-corrected chi connectivity index (χ3v) is 4.91. The van der Waals surface area contributed by atoms with Gasteiger partial charge in [0.25, 0.3) is 5.91 Å². The Labute approximate surface area is 172 Å². The number of nitrogens with one attached hydrogen (secondary N) is 1. The van der Waals surface area contributed by atoms with E-state index in [1.165, 1.54) is 0 Å². The normalized spacial score (nSPS) is 15.7. The number of benzene rings is 2. The molecule has 0 spiro atoms. The van der Waals surface area contributed by atoms with Crippen molar-refractivity contribution in [1.82, 2.24) is 10.2 Å². The van der Waals surface area contributed by atoms with Crippen LogP contribution in [-0.2, 0) is 4.74 Å². The summed E-state index contributed by atoms with van der Waals surface area (Å²) in [5.41, 5.74) is 1.74. The predicted molar refractivity (Wildman–Crippen MR) is 113 cm³/mol. The first-order valence-corrected chi connectivity index (χ1v) is 10.1. The van der Waals surface area contributed by atoms with Crippen LogP contribution in [0.1, 0.15) is 35.8 Å². The Balaban J connectivity index is 1.69. The Hall–Kier alpha value is -2.57. The molecule has 2 aromatic carbocycles. The molecule has 29 heavy (non-hydrogen) atoms. The molecule has 1 atom stereocenters. The molecule has 1 aliphatic rings. The van der Waals surface area contributed by atoms with Crippen LogP contribution in [0.25, 0.3) is 0 Å².